The number of benzene rings is 2. The highest BCUT2D eigenvalue weighted by atomic mass is 16.5. The van der Waals surface area contributed by atoms with E-state index >= 15 is 0 Å². The summed E-state index contributed by atoms with van der Waals surface area (Å²) in [5.74, 6) is -0.576. The number of rotatable bonds is 9. The Morgan fingerprint density at radius 3 is 2.19 bits per heavy atom. The summed E-state index contributed by atoms with van der Waals surface area (Å²) >= 11 is 0. The maximum Gasteiger partial charge on any atom is 0.278 e. The normalized spacial score (nSPS) is 14.1. The van der Waals surface area contributed by atoms with Crippen molar-refractivity contribution < 1.29 is 14.3 Å². The summed E-state index contributed by atoms with van der Waals surface area (Å²) in [7, 11) is 3.95. The summed E-state index contributed by atoms with van der Waals surface area (Å²) in [6.07, 6.45) is 0.718. The number of carbonyl (C=O) groups is 2. The molecular weight excluding hydrogens is 390 g/mol. The lowest BCUT2D eigenvalue weighted by Gasteiger charge is -2.16. The number of hydrogen-bond donors (Lipinski definition) is 1. The predicted octanol–water partition coefficient (Wildman–Crippen LogP) is 4.07. The molecule has 31 heavy (non-hydrogen) atoms. The Hall–Kier alpha value is -3.12. The zero-order valence-corrected chi connectivity index (χ0v) is 18.9. The summed E-state index contributed by atoms with van der Waals surface area (Å²) in [5.41, 5.74) is 4.37. The van der Waals surface area contributed by atoms with Gasteiger partial charge in [0, 0.05) is 38.6 Å². The van der Waals surface area contributed by atoms with Gasteiger partial charge in [-0.3, -0.25) is 14.5 Å². The largest absolute Gasteiger partial charge is 0.379 e. The predicted molar refractivity (Wildman–Crippen MR) is 125 cm³/mol. The topological polar surface area (TPSA) is 61.9 Å². The Balaban J connectivity index is 1.88. The molecule has 0 spiro atoms. The average molecular weight is 422 g/mol. The molecule has 0 saturated carbocycles. The lowest BCUT2D eigenvalue weighted by molar-refractivity contribution is -0.137. The number of nitrogens with zero attached hydrogens (tertiary/aromatic N) is 2. The maximum atomic E-state index is 13.2. The Morgan fingerprint density at radius 2 is 1.61 bits per heavy atom. The summed E-state index contributed by atoms with van der Waals surface area (Å²) < 4.78 is 5.57. The number of hydrogen-bond acceptors (Lipinski definition) is 5. The van der Waals surface area contributed by atoms with E-state index in [0.29, 0.717) is 30.8 Å². The minimum Gasteiger partial charge on any atom is -0.379 e. The zero-order chi connectivity index (χ0) is 22.5. The first-order valence-electron chi connectivity index (χ1n) is 10.6. The number of imide groups is 1. The van der Waals surface area contributed by atoms with Gasteiger partial charge < -0.3 is 15.0 Å². The van der Waals surface area contributed by atoms with Crippen LogP contribution in [0.5, 0.6) is 0 Å². The van der Waals surface area contributed by atoms with Crippen LogP contribution >= 0.6 is 0 Å². The van der Waals surface area contributed by atoms with Crippen LogP contribution in [-0.2, 0) is 14.3 Å². The molecule has 1 heterocycles. The van der Waals surface area contributed by atoms with Crippen LogP contribution < -0.4 is 10.2 Å². The van der Waals surface area contributed by atoms with Gasteiger partial charge in [-0.25, -0.2) is 0 Å². The molecule has 164 valence electrons. The molecule has 0 saturated heterocycles. The van der Waals surface area contributed by atoms with Crippen molar-refractivity contribution in [1.82, 2.24) is 4.90 Å². The van der Waals surface area contributed by atoms with Crippen molar-refractivity contribution in [3.63, 3.8) is 0 Å². The summed E-state index contributed by atoms with van der Waals surface area (Å²) in [6, 6.07) is 15.4. The van der Waals surface area contributed by atoms with Crippen LogP contribution in [0.3, 0.4) is 0 Å². The Morgan fingerprint density at radius 1 is 0.968 bits per heavy atom. The Labute approximate surface area is 184 Å². The summed E-state index contributed by atoms with van der Waals surface area (Å²) in [4.78, 5) is 29.8. The highest BCUT2D eigenvalue weighted by Gasteiger charge is 2.38. The molecule has 1 aliphatic heterocycles. The molecule has 1 N–H and O–H groups in total. The molecule has 6 heteroatoms. The lowest BCUT2D eigenvalue weighted by Crippen LogP contribution is -2.34. The first-order valence-corrected chi connectivity index (χ1v) is 10.6. The molecule has 3 rings (SSSR count). The van der Waals surface area contributed by atoms with Gasteiger partial charge in [-0.05, 0) is 57.0 Å². The third-order valence-electron chi connectivity index (χ3n) is 5.14. The zero-order valence-electron chi connectivity index (χ0n) is 18.9. The molecule has 6 nitrogen and oxygen atoms in total. The van der Waals surface area contributed by atoms with Crippen LogP contribution in [0.15, 0.2) is 54.2 Å². The van der Waals surface area contributed by atoms with Crippen molar-refractivity contribution in [3.8, 4) is 0 Å². The van der Waals surface area contributed by atoms with Crippen molar-refractivity contribution in [3.05, 3.63) is 65.4 Å². The van der Waals surface area contributed by atoms with Crippen LogP contribution in [0.25, 0.3) is 5.57 Å². The van der Waals surface area contributed by atoms with E-state index in [4.69, 9.17) is 4.74 Å². The molecular formula is C25H31N3O3. The average Bonchev–Trinajstić information content (AvgIpc) is 2.96. The van der Waals surface area contributed by atoms with Gasteiger partial charge in [0.25, 0.3) is 11.8 Å². The van der Waals surface area contributed by atoms with E-state index in [0.717, 1.165) is 22.5 Å². The van der Waals surface area contributed by atoms with E-state index in [1.165, 1.54) is 4.90 Å². The monoisotopic (exact) mass is 421 g/mol. The van der Waals surface area contributed by atoms with Crippen LogP contribution in [0, 0.1) is 6.92 Å². The van der Waals surface area contributed by atoms with Crippen LogP contribution in [0.1, 0.15) is 31.4 Å². The van der Waals surface area contributed by atoms with E-state index in [9.17, 15) is 9.59 Å². The van der Waals surface area contributed by atoms with Crippen LogP contribution in [0.4, 0.5) is 11.4 Å². The smallest absolute Gasteiger partial charge is 0.278 e. The molecule has 0 bridgehead atoms. The third-order valence-corrected chi connectivity index (χ3v) is 5.14. The fourth-order valence-corrected chi connectivity index (χ4v) is 3.41. The second-order valence-corrected chi connectivity index (χ2v) is 8.22. The first-order chi connectivity index (χ1) is 14.8. The van der Waals surface area contributed by atoms with E-state index in [-0.39, 0.29) is 17.9 Å². The van der Waals surface area contributed by atoms with E-state index in [1.807, 2.05) is 88.3 Å². The Bertz CT molecular complexity index is 961. The fraction of sp³-hybridized carbons (Fsp3) is 0.360. The number of carbonyl (C=O) groups excluding carboxylic acids is 2. The summed E-state index contributed by atoms with van der Waals surface area (Å²) in [6.45, 7) is 6.75. The Kier molecular flexibility index (Phi) is 7.13. The molecule has 1 aliphatic rings. The van der Waals surface area contributed by atoms with Gasteiger partial charge in [0.2, 0.25) is 0 Å². The van der Waals surface area contributed by atoms with Crippen molar-refractivity contribution in [2.75, 3.05) is 37.5 Å². The number of anilines is 2. The van der Waals surface area contributed by atoms with Crippen LogP contribution in [-0.4, -0.2) is 50.1 Å². The van der Waals surface area contributed by atoms with Gasteiger partial charge in [-0.15, -0.1) is 0 Å². The maximum absolute atomic E-state index is 13.2. The van der Waals surface area contributed by atoms with E-state index in [2.05, 4.69) is 5.32 Å². The van der Waals surface area contributed by atoms with Crippen LogP contribution in [0.2, 0.25) is 0 Å². The number of aryl methyl sites for hydroxylation is 1. The standard InChI is InChI=1S/C25H31N3O3/c1-17(2)31-16-6-15-28-24(29)22(19-9-7-18(3)8-10-19)23(25(28)30)26-20-11-13-21(14-12-20)27(4)5/h7-14,17,26H,6,15-16H2,1-5H3. The van der Waals surface area contributed by atoms with Gasteiger partial charge in [-0.1, -0.05) is 29.8 Å². The van der Waals surface area contributed by atoms with Crippen molar-refractivity contribution in [1.29, 1.82) is 0 Å². The van der Waals surface area contributed by atoms with Gasteiger partial charge in [0.05, 0.1) is 11.7 Å². The first kappa shape index (κ1) is 22.6. The second-order valence-electron chi connectivity index (χ2n) is 8.22. The quantitative estimate of drug-likeness (QED) is 0.489. The summed E-state index contributed by atoms with van der Waals surface area (Å²) in [5, 5.41) is 3.21. The molecule has 0 unspecified atom stereocenters. The minimum absolute atomic E-state index is 0.119. The molecule has 0 radical (unpaired) electrons. The third kappa shape index (κ3) is 5.33. The van der Waals surface area contributed by atoms with Crippen molar-refractivity contribution in [2.24, 2.45) is 0 Å². The fourth-order valence-electron chi connectivity index (χ4n) is 3.41. The SMILES string of the molecule is Cc1ccc(C2=C(Nc3ccc(N(C)C)cc3)C(=O)N(CCCOC(C)C)C2=O)cc1. The van der Waals surface area contributed by atoms with Gasteiger partial charge in [-0.2, -0.15) is 0 Å². The van der Waals surface area contributed by atoms with E-state index in [1.54, 1.807) is 0 Å². The number of nitrogens with one attached hydrogen (secondary N) is 1. The molecule has 0 aliphatic carbocycles. The molecule has 0 atom stereocenters. The van der Waals surface area contributed by atoms with Gasteiger partial charge in [0.15, 0.2) is 0 Å². The number of ether oxygens (including phenoxy) is 1. The highest BCUT2D eigenvalue weighted by Crippen LogP contribution is 2.31. The molecule has 2 amide bonds. The number of amides is 2. The molecule has 2 aromatic rings. The minimum atomic E-state index is -0.304. The molecule has 0 aromatic heterocycles. The van der Waals surface area contributed by atoms with E-state index < -0.39 is 0 Å². The van der Waals surface area contributed by atoms with Gasteiger partial charge >= 0.3 is 0 Å². The van der Waals surface area contributed by atoms with Crippen molar-refractivity contribution >= 4 is 28.8 Å². The van der Waals surface area contributed by atoms with Crippen molar-refractivity contribution in [2.45, 2.75) is 33.3 Å². The second kappa shape index (κ2) is 9.79. The van der Waals surface area contributed by atoms with Gasteiger partial charge in [0.1, 0.15) is 5.70 Å². The molecule has 2 aromatic carbocycles. The lowest BCUT2D eigenvalue weighted by atomic mass is 10.0. The molecule has 0 fully saturated rings. The highest BCUT2D eigenvalue weighted by molar-refractivity contribution is 6.36.